The Hall–Kier alpha value is -2.17. The molecular weight excluding hydrogens is 324 g/mol. The highest BCUT2D eigenvalue weighted by Gasteiger charge is 2.37. The maximum absolute atomic E-state index is 12.0. The van der Waals surface area contributed by atoms with Gasteiger partial charge in [0.1, 0.15) is 11.7 Å². The number of rotatable bonds is 6. The minimum absolute atomic E-state index is 0.0906. The second-order valence-corrected chi connectivity index (χ2v) is 7.61. The van der Waals surface area contributed by atoms with Gasteiger partial charge in [0.05, 0.1) is 19.3 Å². The first-order valence-electron chi connectivity index (χ1n) is 7.50. The molecule has 0 spiro atoms. The van der Waals surface area contributed by atoms with Crippen LogP contribution in [0, 0.1) is 16.1 Å². The van der Waals surface area contributed by atoms with Gasteiger partial charge in [0.2, 0.25) is 0 Å². The van der Waals surface area contributed by atoms with E-state index >= 15 is 0 Å². The van der Waals surface area contributed by atoms with Gasteiger partial charge in [-0.25, -0.2) is 9.67 Å². The van der Waals surface area contributed by atoms with Gasteiger partial charge in [-0.2, -0.15) is 10.4 Å². The fourth-order valence-corrected chi connectivity index (χ4v) is 2.77. The van der Waals surface area contributed by atoms with E-state index in [0.29, 0.717) is 6.61 Å². The molecule has 1 unspecified atom stereocenters. The molecule has 0 fully saturated rings. The van der Waals surface area contributed by atoms with Crippen LogP contribution < -0.4 is 5.56 Å². The van der Waals surface area contributed by atoms with E-state index in [1.807, 2.05) is 30.3 Å². The molecule has 1 aromatic carbocycles. The van der Waals surface area contributed by atoms with Crippen LogP contribution >= 0.6 is 11.8 Å². The summed E-state index contributed by atoms with van der Waals surface area (Å²) in [6.45, 7) is 6.70. The third-order valence-electron chi connectivity index (χ3n) is 3.22. The molecule has 0 aliphatic heterocycles. The largest absolute Gasteiger partial charge is 0.356 e. The second-order valence-electron chi connectivity index (χ2n) is 6.57. The molecular formula is C17H20N4O2S. The minimum Gasteiger partial charge on any atom is -0.356 e. The fraction of sp³-hybridized carbons (Fsp3) is 0.412. The van der Waals surface area contributed by atoms with E-state index in [1.165, 1.54) is 17.2 Å². The summed E-state index contributed by atoms with van der Waals surface area (Å²) in [6, 6.07) is 9.43. The average molecular weight is 344 g/mol. The number of nitrogens with zero attached hydrogens (tertiary/aromatic N) is 4. The fourth-order valence-electron chi connectivity index (χ4n) is 2.07. The topological polar surface area (TPSA) is 80.8 Å². The Morgan fingerprint density at radius 2 is 2.00 bits per heavy atom. The minimum atomic E-state index is -1.03. The number of nitriles is 1. The standard InChI is InChI=1S/C17H20N4O2S/c1-16(2,3)11-23-17(24-12-18,14-7-5-4-6-8-14)10-21-15(22)9-19-13-20-21/h4-9,13H,10-11H2,1-3H3. The molecule has 0 aliphatic carbocycles. The monoisotopic (exact) mass is 344 g/mol. The highest BCUT2D eigenvalue weighted by molar-refractivity contribution is 8.04. The van der Waals surface area contributed by atoms with Crippen molar-refractivity contribution in [3.63, 3.8) is 0 Å². The van der Waals surface area contributed by atoms with Crippen LogP contribution in [0.15, 0.2) is 47.7 Å². The van der Waals surface area contributed by atoms with Crippen molar-refractivity contribution in [1.29, 1.82) is 5.26 Å². The van der Waals surface area contributed by atoms with Gasteiger partial charge in [0.25, 0.3) is 5.56 Å². The number of hydrogen-bond acceptors (Lipinski definition) is 6. The van der Waals surface area contributed by atoms with Gasteiger partial charge < -0.3 is 4.74 Å². The van der Waals surface area contributed by atoms with Crippen LogP contribution in [-0.4, -0.2) is 21.4 Å². The molecule has 2 rings (SSSR count). The van der Waals surface area contributed by atoms with Crippen molar-refractivity contribution in [1.82, 2.24) is 14.8 Å². The van der Waals surface area contributed by atoms with Gasteiger partial charge in [0.15, 0.2) is 4.93 Å². The Morgan fingerprint density at radius 1 is 1.29 bits per heavy atom. The summed E-state index contributed by atoms with van der Waals surface area (Å²) >= 11 is 0.984. The van der Waals surface area contributed by atoms with Crippen LogP contribution in [0.5, 0.6) is 0 Å². The Kier molecular flexibility index (Phi) is 5.75. The summed E-state index contributed by atoms with van der Waals surface area (Å²) < 4.78 is 7.47. The Bertz CT molecular complexity index is 764. The Labute approximate surface area is 145 Å². The van der Waals surface area contributed by atoms with Crippen molar-refractivity contribution >= 4 is 11.8 Å². The maximum atomic E-state index is 12.0. The second kappa shape index (κ2) is 7.60. The molecule has 1 heterocycles. The van der Waals surface area contributed by atoms with E-state index in [9.17, 15) is 10.1 Å². The Morgan fingerprint density at radius 3 is 2.58 bits per heavy atom. The summed E-state index contributed by atoms with van der Waals surface area (Å²) in [5.41, 5.74) is 0.383. The number of thiocyanates is 1. The lowest BCUT2D eigenvalue weighted by Crippen LogP contribution is -2.38. The molecule has 0 N–H and O–H groups in total. The summed E-state index contributed by atoms with van der Waals surface area (Å²) in [4.78, 5) is 14.7. The van der Waals surface area contributed by atoms with Crippen LogP contribution in [0.4, 0.5) is 0 Å². The van der Waals surface area contributed by atoms with E-state index in [-0.39, 0.29) is 17.5 Å². The molecule has 0 aliphatic rings. The number of ether oxygens (including phenoxy) is 1. The van der Waals surface area contributed by atoms with E-state index in [2.05, 4.69) is 36.3 Å². The van der Waals surface area contributed by atoms with Crippen molar-refractivity contribution in [3.8, 4) is 5.40 Å². The summed E-state index contributed by atoms with van der Waals surface area (Å²) in [5, 5.41) is 15.5. The van der Waals surface area contributed by atoms with Crippen molar-refractivity contribution in [2.45, 2.75) is 32.2 Å². The van der Waals surface area contributed by atoms with E-state index < -0.39 is 4.93 Å². The Balaban J connectivity index is 2.47. The summed E-state index contributed by atoms with van der Waals surface area (Å²) in [6.07, 6.45) is 2.50. The van der Waals surface area contributed by atoms with Gasteiger partial charge in [-0.3, -0.25) is 4.79 Å². The highest BCUT2D eigenvalue weighted by atomic mass is 32.2. The van der Waals surface area contributed by atoms with Crippen LogP contribution in [0.1, 0.15) is 26.3 Å². The quantitative estimate of drug-likeness (QED) is 0.592. The first-order valence-corrected chi connectivity index (χ1v) is 8.32. The number of thioether (sulfide) groups is 1. The van der Waals surface area contributed by atoms with Gasteiger partial charge in [0, 0.05) is 0 Å². The molecule has 6 nitrogen and oxygen atoms in total. The molecule has 0 radical (unpaired) electrons. The van der Waals surface area contributed by atoms with Crippen molar-refractivity contribution in [2.24, 2.45) is 5.41 Å². The normalized spacial score (nSPS) is 13.9. The van der Waals surface area contributed by atoms with E-state index in [1.54, 1.807) is 0 Å². The predicted octanol–water partition coefficient (Wildman–Crippen LogP) is 2.77. The zero-order chi connectivity index (χ0) is 17.6. The number of hydrogen-bond donors (Lipinski definition) is 0. The van der Waals surface area contributed by atoms with Gasteiger partial charge in [-0.15, -0.1) is 0 Å². The van der Waals surface area contributed by atoms with Gasteiger partial charge in [-0.1, -0.05) is 51.1 Å². The molecule has 0 bridgehead atoms. The predicted molar refractivity (Wildman–Crippen MR) is 93.0 cm³/mol. The molecule has 1 aromatic heterocycles. The summed E-state index contributed by atoms with van der Waals surface area (Å²) in [5.74, 6) is 0. The van der Waals surface area contributed by atoms with E-state index in [4.69, 9.17) is 4.74 Å². The molecule has 1 atom stereocenters. The van der Waals surface area contributed by atoms with Crippen molar-refractivity contribution < 1.29 is 4.74 Å². The highest BCUT2D eigenvalue weighted by Crippen LogP contribution is 2.40. The smallest absolute Gasteiger partial charge is 0.285 e. The van der Waals surface area contributed by atoms with Crippen LogP contribution in [0.3, 0.4) is 0 Å². The molecule has 0 saturated carbocycles. The lowest BCUT2D eigenvalue weighted by atomic mass is 9.98. The van der Waals surface area contributed by atoms with Crippen LogP contribution in [0.2, 0.25) is 0 Å². The molecule has 0 amide bonds. The lowest BCUT2D eigenvalue weighted by Gasteiger charge is -2.34. The zero-order valence-electron chi connectivity index (χ0n) is 14.0. The molecule has 126 valence electrons. The molecule has 2 aromatic rings. The SMILES string of the molecule is CC(C)(C)COC(Cn1ncncc1=O)(SC#N)c1ccccc1. The van der Waals surface area contributed by atoms with Crippen molar-refractivity contribution in [3.05, 3.63) is 58.8 Å². The zero-order valence-corrected chi connectivity index (χ0v) is 14.8. The maximum Gasteiger partial charge on any atom is 0.285 e. The molecule has 0 saturated heterocycles. The first kappa shape index (κ1) is 18.2. The third-order valence-corrected chi connectivity index (χ3v) is 4.12. The van der Waals surface area contributed by atoms with Crippen molar-refractivity contribution in [2.75, 3.05) is 6.61 Å². The molecule has 7 heteroatoms. The average Bonchev–Trinajstić information content (AvgIpc) is 2.55. The lowest BCUT2D eigenvalue weighted by molar-refractivity contribution is -0.0288. The van der Waals surface area contributed by atoms with Gasteiger partial charge in [-0.05, 0) is 22.7 Å². The summed E-state index contributed by atoms with van der Waals surface area (Å²) in [7, 11) is 0. The van der Waals surface area contributed by atoms with Gasteiger partial charge >= 0.3 is 0 Å². The van der Waals surface area contributed by atoms with E-state index in [0.717, 1.165) is 17.3 Å². The molecule has 24 heavy (non-hydrogen) atoms. The third kappa shape index (κ3) is 4.66. The van der Waals surface area contributed by atoms with Crippen LogP contribution in [-0.2, 0) is 16.2 Å². The number of aromatic nitrogens is 3. The van der Waals surface area contributed by atoms with Crippen LogP contribution in [0.25, 0.3) is 0 Å². The first-order chi connectivity index (χ1) is 11.4. The number of benzene rings is 1.